The quantitative estimate of drug-likeness (QED) is 0.643. The molecule has 0 amide bonds. The molecule has 5 nitrogen and oxygen atoms in total. The maximum Gasteiger partial charge on any atom is 0.0867 e. The number of aromatic nitrogens is 3. The Kier molecular flexibility index (Phi) is 4.89. The van der Waals surface area contributed by atoms with Crippen molar-refractivity contribution in [1.29, 1.82) is 0 Å². The molecule has 0 fully saturated rings. The summed E-state index contributed by atoms with van der Waals surface area (Å²) in [6.45, 7) is 12.2. The molecular formula is C21H25N5. The highest BCUT2D eigenvalue weighted by molar-refractivity contribution is 6.00. The van der Waals surface area contributed by atoms with E-state index in [-0.39, 0.29) is 0 Å². The average Bonchev–Trinajstić information content (AvgIpc) is 3.11. The Morgan fingerprint density at radius 3 is 1.35 bits per heavy atom. The van der Waals surface area contributed by atoms with E-state index in [2.05, 4.69) is 24.3 Å². The first-order valence-electron chi connectivity index (χ1n) is 8.75. The van der Waals surface area contributed by atoms with Crippen molar-refractivity contribution in [3.8, 4) is 0 Å². The molecule has 0 saturated heterocycles. The Morgan fingerprint density at radius 1 is 0.654 bits per heavy atom. The van der Waals surface area contributed by atoms with Gasteiger partial charge in [-0.25, -0.2) is 14.3 Å². The van der Waals surface area contributed by atoms with Crippen LogP contribution in [0.15, 0.2) is 52.7 Å². The Morgan fingerprint density at radius 2 is 1.00 bits per heavy atom. The first kappa shape index (κ1) is 17.9. The third kappa shape index (κ3) is 3.52. The lowest BCUT2D eigenvalue weighted by molar-refractivity contribution is 0.809. The van der Waals surface area contributed by atoms with Gasteiger partial charge in [-0.15, -0.1) is 0 Å². The van der Waals surface area contributed by atoms with E-state index in [0.29, 0.717) is 0 Å². The zero-order valence-corrected chi connectivity index (χ0v) is 16.3. The van der Waals surface area contributed by atoms with E-state index in [4.69, 9.17) is 15.2 Å². The first-order valence-corrected chi connectivity index (χ1v) is 8.75. The molecule has 0 radical (unpaired) electrons. The number of hydrogen-bond donors (Lipinski definition) is 0. The third-order valence-corrected chi connectivity index (χ3v) is 4.46. The van der Waals surface area contributed by atoms with Crippen LogP contribution >= 0.6 is 0 Å². The number of rotatable bonds is 4. The molecule has 0 bridgehead atoms. The summed E-state index contributed by atoms with van der Waals surface area (Å²) in [5.74, 6) is 0. The molecule has 26 heavy (non-hydrogen) atoms. The number of aryl methyl sites for hydroxylation is 4. The smallest absolute Gasteiger partial charge is 0.0867 e. The average molecular weight is 347 g/mol. The lowest BCUT2D eigenvalue weighted by Crippen LogP contribution is -2.09. The van der Waals surface area contributed by atoms with E-state index in [1.54, 1.807) is 0 Å². The molecule has 0 aliphatic rings. The van der Waals surface area contributed by atoms with Crippen molar-refractivity contribution in [3.63, 3.8) is 0 Å². The minimum Gasteiger partial charge on any atom is -0.245 e. The second-order valence-corrected chi connectivity index (χ2v) is 6.63. The summed E-state index contributed by atoms with van der Waals surface area (Å²) < 4.78 is 3.88. The minimum atomic E-state index is 0.852. The normalized spacial score (nSPS) is 12.7. The summed E-state index contributed by atoms with van der Waals surface area (Å²) in [4.78, 5) is 4.76. The van der Waals surface area contributed by atoms with Gasteiger partial charge in [0, 0.05) is 22.8 Å². The molecule has 0 spiro atoms. The van der Waals surface area contributed by atoms with Crippen LogP contribution in [0.25, 0.3) is 0 Å². The van der Waals surface area contributed by atoms with Crippen molar-refractivity contribution in [2.45, 2.75) is 41.5 Å². The van der Waals surface area contributed by atoms with Crippen LogP contribution in [-0.2, 0) is 0 Å². The van der Waals surface area contributed by atoms with Gasteiger partial charge < -0.3 is 0 Å². The van der Waals surface area contributed by atoms with Gasteiger partial charge in [-0.3, -0.25) is 0 Å². The fraction of sp³-hybridized carbons (Fsp3) is 0.286. The van der Waals surface area contributed by atoms with Gasteiger partial charge in [0.1, 0.15) is 0 Å². The van der Waals surface area contributed by atoms with Crippen molar-refractivity contribution < 1.29 is 0 Å². The van der Waals surface area contributed by atoms with Gasteiger partial charge >= 0.3 is 0 Å². The van der Waals surface area contributed by atoms with Crippen LogP contribution in [0.5, 0.6) is 0 Å². The van der Waals surface area contributed by atoms with Crippen LogP contribution < -0.4 is 0 Å². The van der Waals surface area contributed by atoms with E-state index in [0.717, 1.165) is 45.6 Å². The largest absolute Gasteiger partial charge is 0.245 e. The molecule has 134 valence electrons. The SMILES string of the molecule is C/C(=N/n1c(C)ccc1C)c1cccc(/C(C)=N\n2c(C)ccc2C)n1. The van der Waals surface area contributed by atoms with E-state index in [9.17, 15) is 0 Å². The predicted molar refractivity (Wildman–Crippen MR) is 107 cm³/mol. The van der Waals surface area contributed by atoms with Gasteiger partial charge in [0.25, 0.3) is 0 Å². The van der Waals surface area contributed by atoms with Crippen molar-refractivity contribution >= 4 is 11.4 Å². The maximum atomic E-state index is 4.76. The summed E-state index contributed by atoms with van der Waals surface area (Å²) >= 11 is 0. The van der Waals surface area contributed by atoms with Crippen molar-refractivity contribution in [2.75, 3.05) is 0 Å². The van der Waals surface area contributed by atoms with Gasteiger partial charge in [0.05, 0.1) is 22.8 Å². The molecule has 0 aliphatic carbocycles. The molecule has 3 aromatic heterocycles. The van der Waals surface area contributed by atoms with Crippen molar-refractivity contribution in [1.82, 2.24) is 14.3 Å². The van der Waals surface area contributed by atoms with Crippen LogP contribution in [-0.4, -0.2) is 25.8 Å². The molecule has 0 aromatic carbocycles. The van der Waals surface area contributed by atoms with Crippen LogP contribution in [0.1, 0.15) is 48.0 Å². The monoisotopic (exact) mass is 347 g/mol. The van der Waals surface area contributed by atoms with Crippen LogP contribution in [0, 0.1) is 27.7 Å². The fourth-order valence-corrected chi connectivity index (χ4v) is 2.88. The molecule has 0 aliphatic heterocycles. The first-order chi connectivity index (χ1) is 12.4. The molecule has 0 saturated carbocycles. The lowest BCUT2D eigenvalue weighted by Gasteiger charge is -2.08. The highest BCUT2D eigenvalue weighted by atomic mass is 15.4. The van der Waals surface area contributed by atoms with Gasteiger partial charge in [0.2, 0.25) is 0 Å². The summed E-state index contributed by atoms with van der Waals surface area (Å²) in [6, 6.07) is 14.2. The zero-order chi connectivity index (χ0) is 18.8. The number of pyridine rings is 1. The third-order valence-electron chi connectivity index (χ3n) is 4.46. The Bertz CT molecular complexity index is 885. The Labute approximate surface area is 154 Å². The summed E-state index contributed by atoms with van der Waals surface area (Å²) in [5, 5.41) is 9.44. The lowest BCUT2D eigenvalue weighted by atomic mass is 10.2. The summed E-state index contributed by atoms with van der Waals surface area (Å²) in [7, 11) is 0. The molecule has 3 aromatic rings. The van der Waals surface area contributed by atoms with E-state index < -0.39 is 0 Å². The summed E-state index contributed by atoms with van der Waals surface area (Å²) in [6.07, 6.45) is 0. The maximum absolute atomic E-state index is 4.76. The van der Waals surface area contributed by atoms with Crippen LogP contribution in [0.2, 0.25) is 0 Å². The van der Waals surface area contributed by atoms with Crippen LogP contribution in [0.4, 0.5) is 0 Å². The Balaban J connectivity index is 1.96. The highest BCUT2D eigenvalue weighted by Crippen LogP contribution is 2.11. The zero-order valence-electron chi connectivity index (χ0n) is 16.3. The topological polar surface area (TPSA) is 47.5 Å². The number of hydrogen-bond acceptors (Lipinski definition) is 3. The van der Waals surface area contributed by atoms with Gasteiger partial charge in [0.15, 0.2) is 0 Å². The standard InChI is InChI=1S/C21H25N5/c1-14-10-11-15(2)25(14)23-18(5)20-8-7-9-21(22-20)19(6)24-26-16(3)12-13-17(26)4/h7-13H,1-6H3/b23-18-,24-19-. The molecule has 0 N–H and O–H groups in total. The molecule has 5 heteroatoms. The van der Waals surface area contributed by atoms with Crippen molar-refractivity contribution in [3.05, 3.63) is 76.6 Å². The van der Waals surface area contributed by atoms with E-state index in [1.165, 1.54) is 0 Å². The van der Waals surface area contributed by atoms with Gasteiger partial charge in [-0.05, 0) is 77.9 Å². The molecule has 0 atom stereocenters. The summed E-state index contributed by atoms with van der Waals surface area (Å²) in [5.41, 5.74) is 7.87. The number of nitrogens with zero attached hydrogens (tertiary/aromatic N) is 5. The van der Waals surface area contributed by atoms with Gasteiger partial charge in [-0.2, -0.15) is 10.2 Å². The van der Waals surface area contributed by atoms with Crippen molar-refractivity contribution in [2.24, 2.45) is 10.2 Å². The minimum absolute atomic E-state index is 0.852. The van der Waals surface area contributed by atoms with E-state index in [1.807, 2.05) is 69.1 Å². The second-order valence-electron chi connectivity index (χ2n) is 6.63. The molecule has 0 unspecified atom stereocenters. The predicted octanol–water partition coefficient (Wildman–Crippen LogP) is 4.46. The fourth-order valence-electron chi connectivity index (χ4n) is 2.88. The molecule has 3 heterocycles. The second kappa shape index (κ2) is 7.12. The van der Waals surface area contributed by atoms with E-state index >= 15 is 0 Å². The molecule has 3 rings (SSSR count). The highest BCUT2D eigenvalue weighted by Gasteiger charge is 2.07. The molecular weight excluding hydrogens is 322 g/mol. The van der Waals surface area contributed by atoms with Gasteiger partial charge in [-0.1, -0.05) is 6.07 Å². The van der Waals surface area contributed by atoms with Crippen LogP contribution in [0.3, 0.4) is 0 Å². The Hall–Kier alpha value is -2.95.